The molecule has 1 aromatic carbocycles. The molecular formula is C13H7BrN4. The molecule has 0 amide bonds. The lowest BCUT2D eigenvalue weighted by Gasteiger charge is -2.03. The number of fused-ring (bicyclic) bond motifs is 1. The summed E-state index contributed by atoms with van der Waals surface area (Å²) in [6.07, 6.45) is 1.66. The quantitative estimate of drug-likeness (QED) is 0.694. The van der Waals surface area contributed by atoms with Crippen molar-refractivity contribution < 1.29 is 0 Å². The third-order valence-corrected chi connectivity index (χ3v) is 3.09. The topological polar surface area (TPSA) is 54.5 Å². The molecule has 0 N–H and O–H groups in total. The molecule has 2 heterocycles. The van der Waals surface area contributed by atoms with Gasteiger partial charge in [-0.05, 0) is 30.3 Å². The molecule has 86 valence electrons. The van der Waals surface area contributed by atoms with Crippen LogP contribution in [0.4, 0.5) is 0 Å². The number of nitrogens with zero attached hydrogens (tertiary/aromatic N) is 4. The van der Waals surface area contributed by atoms with Gasteiger partial charge < -0.3 is 0 Å². The van der Waals surface area contributed by atoms with E-state index in [-0.39, 0.29) is 0 Å². The Morgan fingerprint density at radius 2 is 2.11 bits per heavy atom. The van der Waals surface area contributed by atoms with Crippen molar-refractivity contribution in [2.45, 2.75) is 0 Å². The number of benzene rings is 1. The average Bonchev–Trinajstić information content (AvgIpc) is 2.77. The molecule has 0 saturated carbocycles. The fourth-order valence-corrected chi connectivity index (χ4v) is 2.22. The van der Waals surface area contributed by atoms with Gasteiger partial charge in [-0.15, -0.1) is 0 Å². The van der Waals surface area contributed by atoms with Gasteiger partial charge in [-0.2, -0.15) is 10.4 Å². The summed E-state index contributed by atoms with van der Waals surface area (Å²) in [5.41, 5.74) is 2.68. The van der Waals surface area contributed by atoms with Crippen molar-refractivity contribution in [1.82, 2.24) is 14.8 Å². The van der Waals surface area contributed by atoms with E-state index < -0.39 is 0 Å². The minimum Gasteiger partial charge on any atom is -0.251 e. The molecule has 2 aromatic heterocycles. The van der Waals surface area contributed by atoms with Crippen molar-refractivity contribution in [3.05, 3.63) is 52.8 Å². The molecule has 4 nitrogen and oxygen atoms in total. The summed E-state index contributed by atoms with van der Waals surface area (Å²) in [7, 11) is 0. The Kier molecular flexibility index (Phi) is 2.58. The summed E-state index contributed by atoms with van der Waals surface area (Å²) in [5.74, 6) is 0. The molecule has 0 fully saturated rings. The third kappa shape index (κ3) is 1.67. The lowest BCUT2D eigenvalue weighted by Crippen LogP contribution is -1.96. The van der Waals surface area contributed by atoms with Gasteiger partial charge in [0.15, 0.2) is 5.69 Å². The SMILES string of the molecule is N#Cc1nn(-c2cccc(Br)c2)c2cccnc12. The zero-order valence-corrected chi connectivity index (χ0v) is 10.8. The molecule has 0 atom stereocenters. The lowest BCUT2D eigenvalue weighted by atomic mass is 10.3. The molecule has 0 aliphatic heterocycles. The van der Waals surface area contributed by atoms with Crippen molar-refractivity contribution in [2.24, 2.45) is 0 Å². The molecule has 5 heteroatoms. The first-order valence-corrected chi connectivity index (χ1v) is 6.08. The first-order valence-electron chi connectivity index (χ1n) is 5.29. The van der Waals surface area contributed by atoms with Gasteiger partial charge >= 0.3 is 0 Å². The molecule has 3 rings (SSSR count). The fourth-order valence-electron chi connectivity index (χ4n) is 1.83. The van der Waals surface area contributed by atoms with Crippen LogP contribution in [-0.4, -0.2) is 14.8 Å². The Balaban J connectivity index is 2.34. The zero-order chi connectivity index (χ0) is 12.5. The molecule has 0 aliphatic carbocycles. The number of rotatable bonds is 1. The second kappa shape index (κ2) is 4.24. The number of hydrogen-bond acceptors (Lipinski definition) is 3. The zero-order valence-electron chi connectivity index (χ0n) is 9.21. The van der Waals surface area contributed by atoms with E-state index in [9.17, 15) is 0 Å². The van der Waals surface area contributed by atoms with Crippen molar-refractivity contribution >= 4 is 27.0 Å². The van der Waals surface area contributed by atoms with Crippen molar-refractivity contribution in [2.75, 3.05) is 0 Å². The molecular weight excluding hydrogens is 292 g/mol. The highest BCUT2D eigenvalue weighted by Crippen LogP contribution is 2.21. The predicted octanol–water partition coefficient (Wildman–Crippen LogP) is 3.05. The normalized spacial score (nSPS) is 10.4. The summed E-state index contributed by atoms with van der Waals surface area (Å²) in [5, 5.41) is 13.4. The minimum atomic E-state index is 0.338. The number of halogens is 1. The summed E-state index contributed by atoms with van der Waals surface area (Å²) in [4.78, 5) is 4.20. The summed E-state index contributed by atoms with van der Waals surface area (Å²) in [6.45, 7) is 0. The summed E-state index contributed by atoms with van der Waals surface area (Å²) < 4.78 is 2.69. The molecule has 3 aromatic rings. The van der Waals surface area contributed by atoms with Crippen LogP contribution in [0.1, 0.15) is 5.69 Å². The van der Waals surface area contributed by atoms with Crippen LogP contribution in [0.3, 0.4) is 0 Å². The number of nitriles is 1. The molecule has 0 spiro atoms. The lowest BCUT2D eigenvalue weighted by molar-refractivity contribution is 0.901. The maximum Gasteiger partial charge on any atom is 0.189 e. The van der Waals surface area contributed by atoms with Gasteiger partial charge in [0.05, 0.1) is 11.2 Å². The third-order valence-electron chi connectivity index (χ3n) is 2.60. The Bertz CT molecular complexity index is 770. The number of aromatic nitrogens is 3. The van der Waals surface area contributed by atoms with Crippen molar-refractivity contribution in [3.63, 3.8) is 0 Å². The largest absolute Gasteiger partial charge is 0.251 e. The van der Waals surface area contributed by atoms with E-state index in [1.54, 1.807) is 10.9 Å². The molecule has 0 radical (unpaired) electrons. The first kappa shape index (κ1) is 10.9. The summed E-state index contributed by atoms with van der Waals surface area (Å²) in [6, 6.07) is 13.6. The Morgan fingerprint density at radius 3 is 2.89 bits per heavy atom. The van der Waals surface area contributed by atoms with Crippen LogP contribution >= 0.6 is 15.9 Å². The van der Waals surface area contributed by atoms with E-state index in [1.807, 2.05) is 36.4 Å². The monoisotopic (exact) mass is 298 g/mol. The average molecular weight is 299 g/mol. The molecule has 18 heavy (non-hydrogen) atoms. The van der Waals surface area contributed by atoms with Crippen LogP contribution in [0.25, 0.3) is 16.7 Å². The first-order chi connectivity index (χ1) is 8.79. The van der Waals surface area contributed by atoms with E-state index in [1.165, 1.54) is 0 Å². The highest BCUT2D eigenvalue weighted by Gasteiger charge is 2.11. The van der Waals surface area contributed by atoms with Gasteiger partial charge in [0, 0.05) is 10.7 Å². The van der Waals surface area contributed by atoms with Crippen LogP contribution in [0, 0.1) is 11.3 Å². The minimum absolute atomic E-state index is 0.338. The predicted molar refractivity (Wildman–Crippen MR) is 71.3 cm³/mol. The molecule has 0 saturated heterocycles. The van der Waals surface area contributed by atoms with E-state index in [0.717, 1.165) is 15.7 Å². The van der Waals surface area contributed by atoms with Crippen LogP contribution in [0.2, 0.25) is 0 Å². The summed E-state index contributed by atoms with van der Waals surface area (Å²) >= 11 is 3.43. The second-order valence-electron chi connectivity index (χ2n) is 3.72. The maximum atomic E-state index is 9.08. The molecule has 0 aliphatic rings. The Labute approximate surface area is 112 Å². The van der Waals surface area contributed by atoms with Gasteiger partial charge in [0.2, 0.25) is 0 Å². The fraction of sp³-hybridized carbons (Fsp3) is 0. The van der Waals surface area contributed by atoms with Gasteiger partial charge in [-0.1, -0.05) is 22.0 Å². The number of hydrogen-bond donors (Lipinski definition) is 0. The molecule has 0 unspecified atom stereocenters. The van der Waals surface area contributed by atoms with Crippen LogP contribution < -0.4 is 0 Å². The number of pyridine rings is 1. The van der Waals surface area contributed by atoms with E-state index in [0.29, 0.717) is 11.2 Å². The van der Waals surface area contributed by atoms with Crippen molar-refractivity contribution in [1.29, 1.82) is 5.26 Å². The Morgan fingerprint density at radius 1 is 1.22 bits per heavy atom. The van der Waals surface area contributed by atoms with Gasteiger partial charge in [0.25, 0.3) is 0 Å². The van der Waals surface area contributed by atoms with E-state index in [2.05, 4.69) is 32.1 Å². The van der Waals surface area contributed by atoms with Crippen LogP contribution in [-0.2, 0) is 0 Å². The van der Waals surface area contributed by atoms with Gasteiger partial charge in [-0.3, -0.25) is 4.98 Å². The highest BCUT2D eigenvalue weighted by molar-refractivity contribution is 9.10. The Hall–Kier alpha value is -2.19. The van der Waals surface area contributed by atoms with E-state index >= 15 is 0 Å². The maximum absolute atomic E-state index is 9.08. The van der Waals surface area contributed by atoms with E-state index in [4.69, 9.17) is 5.26 Å². The highest BCUT2D eigenvalue weighted by atomic mass is 79.9. The standard InChI is InChI=1S/C13H7BrN4/c14-9-3-1-4-10(7-9)18-12-5-2-6-16-13(12)11(8-15)17-18/h1-7H. The van der Waals surface area contributed by atoms with Crippen molar-refractivity contribution in [3.8, 4) is 11.8 Å². The van der Waals surface area contributed by atoms with Crippen LogP contribution in [0.5, 0.6) is 0 Å². The second-order valence-corrected chi connectivity index (χ2v) is 4.64. The van der Waals surface area contributed by atoms with Gasteiger partial charge in [0.1, 0.15) is 11.6 Å². The van der Waals surface area contributed by atoms with Gasteiger partial charge in [-0.25, -0.2) is 4.68 Å². The van der Waals surface area contributed by atoms with Crippen LogP contribution in [0.15, 0.2) is 47.1 Å². The molecule has 0 bridgehead atoms. The smallest absolute Gasteiger partial charge is 0.189 e.